The van der Waals surface area contributed by atoms with Crippen molar-refractivity contribution in [1.29, 1.82) is 0 Å². The summed E-state index contributed by atoms with van der Waals surface area (Å²) < 4.78 is 11.1. The van der Waals surface area contributed by atoms with Crippen molar-refractivity contribution in [3.63, 3.8) is 0 Å². The highest BCUT2D eigenvalue weighted by Gasteiger charge is 2.25. The number of carbonyl (C=O) groups excluding carboxylic acids is 2. The Morgan fingerprint density at radius 1 is 0.756 bits per heavy atom. The normalized spacial score (nSPS) is 18.2. The number of benzene rings is 2. The number of nitrogens with one attached hydrogen (secondary N) is 2. The topological polar surface area (TPSA) is 125 Å². The molecular weight excluding hydrogens is 572 g/mol. The van der Waals surface area contributed by atoms with E-state index in [0.29, 0.717) is 61.2 Å². The molecule has 45 heavy (non-hydrogen) atoms. The summed E-state index contributed by atoms with van der Waals surface area (Å²) >= 11 is 0. The van der Waals surface area contributed by atoms with Gasteiger partial charge in [-0.05, 0) is 88.3 Å². The number of carbonyl (C=O) groups is 2. The van der Waals surface area contributed by atoms with E-state index in [1.165, 1.54) is 0 Å². The minimum atomic E-state index is -0.371. The van der Waals surface area contributed by atoms with Crippen LogP contribution in [0.15, 0.2) is 48.5 Å². The van der Waals surface area contributed by atoms with Gasteiger partial charge in [-0.3, -0.25) is 4.79 Å². The second kappa shape index (κ2) is 14.3. The smallest absolute Gasteiger partial charge is 0.323 e. The van der Waals surface area contributed by atoms with Gasteiger partial charge in [0.1, 0.15) is 5.82 Å². The molecule has 6 rings (SSSR count). The second-order valence-corrected chi connectivity index (χ2v) is 12.0. The van der Waals surface area contributed by atoms with Gasteiger partial charge >= 0.3 is 6.03 Å². The van der Waals surface area contributed by atoms with E-state index in [2.05, 4.69) is 34.5 Å². The highest BCUT2D eigenvalue weighted by molar-refractivity contribution is 6.00. The van der Waals surface area contributed by atoms with Gasteiger partial charge in [0.05, 0.1) is 13.2 Å². The Morgan fingerprint density at radius 2 is 1.36 bits per heavy atom. The molecule has 4 heterocycles. The fraction of sp³-hybridized carbons (Fsp3) is 0.485. The van der Waals surface area contributed by atoms with Crippen LogP contribution in [0.3, 0.4) is 0 Å². The Bertz CT molecular complexity index is 1410. The molecule has 3 aliphatic rings. The standard InChI is InChI=1S/C33H42N8O4/c1-39(2)28-11-15-40(16-12-28)31(42)25-5-9-27(10-6-25)35-33(43)34-26-7-3-23(4-8-26)29-36-30(24-13-19-44-20-14-24)38-32(37-29)41-17-21-45-22-18-41/h3-10,24,28H,11-22H2,1-2H3,(H2,34,35,43). The molecule has 3 aliphatic heterocycles. The van der Waals surface area contributed by atoms with E-state index in [0.717, 1.165) is 63.3 Å². The van der Waals surface area contributed by atoms with Crippen molar-refractivity contribution in [2.24, 2.45) is 0 Å². The minimum Gasteiger partial charge on any atom is -0.381 e. The third kappa shape index (κ3) is 7.75. The second-order valence-electron chi connectivity index (χ2n) is 12.0. The first-order chi connectivity index (χ1) is 21.9. The van der Waals surface area contributed by atoms with Crippen molar-refractivity contribution in [3.05, 3.63) is 59.9 Å². The third-order valence-electron chi connectivity index (χ3n) is 8.79. The van der Waals surface area contributed by atoms with Crippen LogP contribution in [0, 0.1) is 0 Å². The molecule has 3 aromatic rings. The minimum absolute atomic E-state index is 0.0263. The molecule has 0 radical (unpaired) electrons. The van der Waals surface area contributed by atoms with E-state index in [1.54, 1.807) is 24.3 Å². The van der Waals surface area contributed by atoms with Crippen LogP contribution < -0.4 is 15.5 Å². The van der Waals surface area contributed by atoms with E-state index in [9.17, 15) is 9.59 Å². The average Bonchev–Trinajstić information content (AvgIpc) is 3.09. The van der Waals surface area contributed by atoms with Crippen LogP contribution in [0.25, 0.3) is 11.4 Å². The van der Waals surface area contributed by atoms with Gasteiger partial charge in [0.15, 0.2) is 5.82 Å². The molecule has 238 valence electrons. The molecule has 12 nitrogen and oxygen atoms in total. The number of nitrogens with zero attached hydrogens (tertiary/aromatic N) is 6. The van der Waals surface area contributed by atoms with Crippen LogP contribution in [-0.2, 0) is 9.47 Å². The molecule has 2 aromatic carbocycles. The lowest BCUT2D eigenvalue weighted by Gasteiger charge is -2.35. The van der Waals surface area contributed by atoms with Crippen LogP contribution in [0.4, 0.5) is 22.1 Å². The van der Waals surface area contributed by atoms with E-state index in [1.807, 2.05) is 29.2 Å². The summed E-state index contributed by atoms with van der Waals surface area (Å²) in [5.41, 5.74) is 2.71. The molecule has 3 fully saturated rings. The number of anilines is 3. The number of likely N-dealkylation sites (tertiary alicyclic amines) is 1. The van der Waals surface area contributed by atoms with Gasteiger partial charge < -0.3 is 34.8 Å². The van der Waals surface area contributed by atoms with Gasteiger partial charge in [0.2, 0.25) is 5.95 Å². The first-order valence-corrected chi connectivity index (χ1v) is 15.8. The summed E-state index contributed by atoms with van der Waals surface area (Å²) in [6.45, 7) is 5.69. The number of hydrogen-bond donors (Lipinski definition) is 2. The van der Waals surface area contributed by atoms with Crippen molar-refractivity contribution in [3.8, 4) is 11.4 Å². The molecular formula is C33H42N8O4. The molecule has 1 aromatic heterocycles. The Labute approximate surface area is 264 Å². The van der Waals surface area contributed by atoms with Crippen LogP contribution in [-0.4, -0.2) is 109 Å². The van der Waals surface area contributed by atoms with Crippen molar-refractivity contribution >= 4 is 29.3 Å². The molecule has 0 saturated carbocycles. The number of piperidine rings is 1. The Hall–Kier alpha value is -4.13. The van der Waals surface area contributed by atoms with Crippen molar-refractivity contribution < 1.29 is 19.1 Å². The SMILES string of the molecule is CN(C)C1CCN(C(=O)c2ccc(NC(=O)Nc3ccc(-c4nc(C5CCOCC5)nc(N5CCOCC5)n4)cc3)cc2)CC1. The van der Waals surface area contributed by atoms with E-state index in [-0.39, 0.29) is 17.9 Å². The summed E-state index contributed by atoms with van der Waals surface area (Å²) in [6, 6.07) is 14.7. The maximum atomic E-state index is 13.0. The lowest BCUT2D eigenvalue weighted by Crippen LogP contribution is -2.44. The zero-order chi connectivity index (χ0) is 31.2. The van der Waals surface area contributed by atoms with Crippen LogP contribution in [0.1, 0.15) is 47.8 Å². The summed E-state index contributed by atoms with van der Waals surface area (Å²) in [5, 5.41) is 5.73. The zero-order valence-corrected chi connectivity index (χ0v) is 26.1. The number of hydrogen-bond acceptors (Lipinski definition) is 9. The van der Waals surface area contributed by atoms with Crippen molar-refractivity contribution in [2.75, 3.05) is 82.2 Å². The molecule has 0 spiro atoms. The van der Waals surface area contributed by atoms with E-state index >= 15 is 0 Å². The van der Waals surface area contributed by atoms with Gasteiger partial charge in [-0.25, -0.2) is 9.78 Å². The number of aromatic nitrogens is 3. The molecule has 3 saturated heterocycles. The lowest BCUT2D eigenvalue weighted by atomic mass is 9.99. The van der Waals surface area contributed by atoms with Crippen molar-refractivity contribution in [1.82, 2.24) is 24.8 Å². The molecule has 3 amide bonds. The lowest BCUT2D eigenvalue weighted by molar-refractivity contribution is 0.0663. The molecule has 0 atom stereocenters. The summed E-state index contributed by atoms with van der Waals surface area (Å²) in [5.74, 6) is 2.35. The Morgan fingerprint density at radius 3 is 1.98 bits per heavy atom. The highest BCUT2D eigenvalue weighted by Crippen LogP contribution is 2.28. The number of morpholine rings is 1. The first kappa shape index (κ1) is 30.9. The largest absolute Gasteiger partial charge is 0.381 e. The number of urea groups is 1. The van der Waals surface area contributed by atoms with Crippen LogP contribution in [0.5, 0.6) is 0 Å². The van der Waals surface area contributed by atoms with Crippen LogP contribution in [0.2, 0.25) is 0 Å². The van der Waals surface area contributed by atoms with Gasteiger partial charge in [0.25, 0.3) is 5.91 Å². The van der Waals surface area contributed by atoms with Crippen molar-refractivity contribution in [2.45, 2.75) is 37.6 Å². The third-order valence-corrected chi connectivity index (χ3v) is 8.79. The summed E-state index contributed by atoms with van der Waals surface area (Å²) in [4.78, 5) is 46.5. The highest BCUT2D eigenvalue weighted by atomic mass is 16.5. The predicted molar refractivity (Wildman–Crippen MR) is 173 cm³/mol. The maximum Gasteiger partial charge on any atom is 0.323 e. The summed E-state index contributed by atoms with van der Waals surface area (Å²) in [6.07, 6.45) is 3.72. The Kier molecular flexibility index (Phi) is 9.82. The maximum absolute atomic E-state index is 13.0. The van der Waals surface area contributed by atoms with Gasteiger partial charge in [-0.1, -0.05) is 0 Å². The fourth-order valence-corrected chi connectivity index (χ4v) is 6.01. The molecule has 0 bridgehead atoms. The fourth-order valence-electron chi connectivity index (χ4n) is 6.01. The summed E-state index contributed by atoms with van der Waals surface area (Å²) in [7, 11) is 4.17. The number of ether oxygens (including phenoxy) is 2. The zero-order valence-electron chi connectivity index (χ0n) is 26.1. The van der Waals surface area contributed by atoms with Gasteiger partial charge in [-0.2, -0.15) is 9.97 Å². The van der Waals surface area contributed by atoms with E-state index < -0.39 is 0 Å². The van der Waals surface area contributed by atoms with Crippen LogP contribution >= 0.6 is 0 Å². The first-order valence-electron chi connectivity index (χ1n) is 15.8. The molecule has 0 aliphatic carbocycles. The van der Waals surface area contributed by atoms with Gasteiger partial charge in [0, 0.05) is 73.9 Å². The van der Waals surface area contributed by atoms with Gasteiger partial charge in [-0.15, -0.1) is 0 Å². The quantitative estimate of drug-likeness (QED) is 0.405. The number of rotatable bonds is 7. The van der Waals surface area contributed by atoms with E-state index in [4.69, 9.17) is 24.4 Å². The predicted octanol–water partition coefficient (Wildman–Crippen LogP) is 4.08. The monoisotopic (exact) mass is 614 g/mol. The average molecular weight is 615 g/mol. The Balaban J connectivity index is 1.07. The molecule has 0 unspecified atom stereocenters. The molecule has 2 N–H and O–H groups in total. The molecule has 12 heteroatoms. The number of amides is 3.